The van der Waals surface area contributed by atoms with Crippen LogP contribution in [0.25, 0.3) is 33.4 Å². The summed E-state index contributed by atoms with van der Waals surface area (Å²) in [5.74, 6) is -0.947. The molecule has 3 aromatic carbocycles. The van der Waals surface area contributed by atoms with Crippen molar-refractivity contribution in [3.8, 4) is 33.4 Å². The van der Waals surface area contributed by atoms with Gasteiger partial charge >= 0.3 is 5.97 Å². The molecular weight excluding hydrogens is 405 g/mol. The van der Waals surface area contributed by atoms with E-state index in [2.05, 4.69) is 23.2 Å². The van der Waals surface area contributed by atoms with Crippen molar-refractivity contribution in [2.45, 2.75) is 0 Å². The molecule has 4 rings (SSSR count). The first kappa shape index (κ1) is 19.2. The summed E-state index contributed by atoms with van der Waals surface area (Å²) in [5, 5.41) is 10.1. The zero-order valence-electron chi connectivity index (χ0n) is 15.1. The molecule has 5 heteroatoms. The van der Waals surface area contributed by atoms with Crippen molar-refractivity contribution in [1.82, 2.24) is 4.98 Å². The predicted octanol–water partition coefficient (Wildman–Crippen LogP) is 7.09. The monoisotopic (exact) mass is 419 g/mol. The lowest BCUT2D eigenvalue weighted by Gasteiger charge is -2.12. The molecule has 0 spiro atoms. The van der Waals surface area contributed by atoms with Gasteiger partial charge in [0.15, 0.2) is 0 Å². The Morgan fingerprint density at radius 2 is 1.31 bits per heavy atom. The molecule has 0 aliphatic carbocycles. The lowest BCUT2D eigenvalue weighted by molar-refractivity contribution is 0.0697. The lowest BCUT2D eigenvalue weighted by Crippen LogP contribution is -1.95. The Kier molecular flexibility index (Phi) is 5.34. The minimum Gasteiger partial charge on any atom is -0.478 e. The van der Waals surface area contributed by atoms with Crippen molar-refractivity contribution in [3.05, 3.63) is 101 Å². The van der Waals surface area contributed by atoms with Gasteiger partial charge in [-0.15, -0.1) is 0 Å². The molecule has 0 saturated carbocycles. The van der Waals surface area contributed by atoms with E-state index in [9.17, 15) is 4.79 Å². The van der Waals surface area contributed by atoms with Gasteiger partial charge in [0.1, 0.15) is 0 Å². The molecule has 3 nitrogen and oxygen atoms in total. The van der Waals surface area contributed by atoms with Crippen LogP contribution in [0.15, 0.2) is 85.2 Å². The van der Waals surface area contributed by atoms with E-state index in [4.69, 9.17) is 28.3 Å². The van der Waals surface area contributed by atoms with E-state index in [1.807, 2.05) is 42.6 Å². The molecule has 1 heterocycles. The summed E-state index contributed by atoms with van der Waals surface area (Å²) in [4.78, 5) is 15.4. The largest absolute Gasteiger partial charge is 0.478 e. The normalized spacial score (nSPS) is 10.7. The summed E-state index contributed by atoms with van der Waals surface area (Å²) < 4.78 is 0. The third-order valence-electron chi connectivity index (χ3n) is 4.65. The van der Waals surface area contributed by atoms with Crippen LogP contribution in [-0.2, 0) is 0 Å². The fourth-order valence-corrected chi connectivity index (χ4v) is 3.44. The second kappa shape index (κ2) is 8.08. The number of hydrogen-bond donors (Lipinski definition) is 1. The summed E-state index contributed by atoms with van der Waals surface area (Å²) in [6.07, 6.45) is 3.54. The molecule has 0 bridgehead atoms. The van der Waals surface area contributed by atoms with Gasteiger partial charge in [0, 0.05) is 18.0 Å². The van der Waals surface area contributed by atoms with Crippen molar-refractivity contribution in [1.29, 1.82) is 0 Å². The first-order chi connectivity index (χ1) is 14.0. The van der Waals surface area contributed by atoms with Crippen LogP contribution in [0.5, 0.6) is 0 Å². The van der Waals surface area contributed by atoms with E-state index in [1.165, 1.54) is 0 Å². The number of hydrogen-bond acceptors (Lipinski definition) is 2. The van der Waals surface area contributed by atoms with Gasteiger partial charge in [0.05, 0.1) is 15.6 Å². The molecule has 0 saturated heterocycles. The molecule has 0 aliphatic rings. The number of aromatic nitrogens is 1. The number of pyridine rings is 1. The third kappa shape index (κ3) is 4.16. The minimum absolute atomic E-state index is 0.252. The van der Waals surface area contributed by atoms with E-state index in [0.29, 0.717) is 10.0 Å². The molecule has 4 aromatic rings. The quantitative estimate of drug-likeness (QED) is 0.384. The number of benzene rings is 3. The highest BCUT2D eigenvalue weighted by Crippen LogP contribution is 2.35. The van der Waals surface area contributed by atoms with Crippen molar-refractivity contribution < 1.29 is 9.90 Å². The summed E-state index contributed by atoms with van der Waals surface area (Å²) in [6, 6.07) is 22.4. The maximum absolute atomic E-state index is 11.2. The summed E-state index contributed by atoms with van der Waals surface area (Å²) in [7, 11) is 0. The van der Waals surface area contributed by atoms with E-state index in [0.717, 1.165) is 33.4 Å². The van der Waals surface area contributed by atoms with Crippen LogP contribution in [0.4, 0.5) is 0 Å². The Bertz CT molecular complexity index is 1190. The van der Waals surface area contributed by atoms with Crippen molar-refractivity contribution in [2.75, 3.05) is 0 Å². The number of aromatic carboxylic acids is 1. The van der Waals surface area contributed by atoms with Crippen molar-refractivity contribution >= 4 is 29.2 Å². The van der Waals surface area contributed by atoms with Crippen LogP contribution in [0.3, 0.4) is 0 Å². The number of carbonyl (C=O) groups is 1. The Balaban J connectivity index is 1.88. The van der Waals surface area contributed by atoms with Crippen LogP contribution in [0, 0.1) is 0 Å². The molecule has 29 heavy (non-hydrogen) atoms. The number of nitrogens with zero attached hydrogens (tertiary/aromatic N) is 1. The molecule has 1 aromatic heterocycles. The van der Waals surface area contributed by atoms with E-state index in [-0.39, 0.29) is 5.56 Å². The summed E-state index contributed by atoms with van der Waals surface area (Å²) >= 11 is 12.3. The molecule has 0 fully saturated rings. The molecule has 0 unspecified atom stereocenters. The van der Waals surface area contributed by atoms with Gasteiger partial charge in [-0.05, 0) is 76.3 Å². The van der Waals surface area contributed by atoms with E-state index >= 15 is 0 Å². The predicted molar refractivity (Wildman–Crippen MR) is 118 cm³/mol. The van der Waals surface area contributed by atoms with Gasteiger partial charge in [0.2, 0.25) is 0 Å². The van der Waals surface area contributed by atoms with E-state index in [1.54, 1.807) is 24.4 Å². The molecule has 0 radical (unpaired) electrons. The lowest BCUT2D eigenvalue weighted by atomic mass is 9.93. The summed E-state index contributed by atoms with van der Waals surface area (Å²) in [5.41, 5.74) is 6.03. The Morgan fingerprint density at radius 3 is 1.90 bits per heavy atom. The molecule has 142 valence electrons. The maximum Gasteiger partial charge on any atom is 0.335 e. The molecule has 0 amide bonds. The van der Waals surface area contributed by atoms with Gasteiger partial charge in [-0.2, -0.15) is 0 Å². The van der Waals surface area contributed by atoms with Crippen LogP contribution in [-0.4, -0.2) is 16.1 Å². The van der Waals surface area contributed by atoms with Crippen LogP contribution in [0.2, 0.25) is 10.0 Å². The average molecular weight is 420 g/mol. The second-order valence-electron chi connectivity index (χ2n) is 6.55. The number of halogens is 2. The van der Waals surface area contributed by atoms with Crippen LogP contribution in [0.1, 0.15) is 10.4 Å². The number of carboxylic acid groups (broad SMARTS) is 1. The van der Waals surface area contributed by atoms with Gasteiger partial charge in [0.25, 0.3) is 0 Å². The van der Waals surface area contributed by atoms with Gasteiger partial charge in [-0.25, -0.2) is 4.79 Å². The van der Waals surface area contributed by atoms with Gasteiger partial charge in [-0.3, -0.25) is 4.98 Å². The topological polar surface area (TPSA) is 50.2 Å². The fourth-order valence-electron chi connectivity index (χ4n) is 3.14. The highest BCUT2D eigenvalue weighted by atomic mass is 35.5. The van der Waals surface area contributed by atoms with E-state index < -0.39 is 5.97 Å². The average Bonchev–Trinajstić information content (AvgIpc) is 2.76. The Hall–Kier alpha value is -3.14. The van der Waals surface area contributed by atoms with Crippen molar-refractivity contribution in [2.24, 2.45) is 0 Å². The molecule has 0 aliphatic heterocycles. The molecule has 0 atom stereocenters. The Morgan fingerprint density at radius 1 is 0.690 bits per heavy atom. The van der Waals surface area contributed by atoms with Gasteiger partial charge in [-0.1, -0.05) is 47.5 Å². The standard InChI is InChI=1S/C24H15Cl2NO2/c25-22-8-7-17(13-23(22)26)20-10-19(15-3-5-16(6-4-15)24(28)29)11-21(12-20)18-2-1-9-27-14-18/h1-14H,(H,28,29). The first-order valence-electron chi connectivity index (χ1n) is 8.86. The number of rotatable bonds is 4. The van der Waals surface area contributed by atoms with Gasteiger partial charge < -0.3 is 5.11 Å². The fraction of sp³-hybridized carbons (Fsp3) is 0. The first-order valence-corrected chi connectivity index (χ1v) is 9.61. The Labute approximate surface area is 178 Å². The molecule has 1 N–H and O–H groups in total. The van der Waals surface area contributed by atoms with Crippen LogP contribution >= 0.6 is 23.2 Å². The van der Waals surface area contributed by atoms with Crippen LogP contribution < -0.4 is 0 Å². The second-order valence-corrected chi connectivity index (χ2v) is 7.37. The minimum atomic E-state index is -0.947. The third-order valence-corrected chi connectivity index (χ3v) is 5.39. The summed E-state index contributed by atoms with van der Waals surface area (Å²) in [6.45, 7) is 0. The number of carboxylic acids is 1. The maximum atomic E-state index is 11.2. The highest BCUT2D eigenvalue weighted by Gasteiger charge is 2.10. The highest BCUT2D eigenvalue weighted by molar-refractivity contribution is 6.42. The smallest absolute Gasteiger partial charge is 0.335 e. The zero-order chi connectivity index (χ0) is 20.4. The SMILES string of the molecule is O=C(O)c1ccc(-c2cc(-c3cccnc3)cc(-c3ccc(Cl)c(Cl)c3)c2)cc1. The zero-order valence-corrected chi connectivity index (χ0v) is 16.7. The van der Waals surface area contributed by atoms with Crippen molar-refractivity contribution in [3.63, 3.8) is 0 Å². The molecular formula is C24H15Cl2NO2.